The van der Waals surface area contributed by atoms with Crippen molar-refractivity contribution in [2.45, 2.75) is 12.3 Å². The van der Waals surface area contributed by atoms with Gasteiger partial charge in [0.15, 0.2) is 0 Å². The van der Waals surface area contributed by atoms with E-state index < -0.39 is 0 Å². The summed E-state index contributed by atoms with van der Waals surface area (Å²) in [6, 6.07) is 15.5. The molecule has 1 aliphatic rings. The van der Waals surface area contributed by atoms with Crippen LogP contribution < -0.4 is 0 Å². The van der Waals surface area contributed by atoms with Crippen molar-refractivity contribution < 1.29 is 4.79 Å². The molecular formula is C17H15N3O. The summed E-state index contributed by atoms with van der Waals surface area (Å²) in [6.45, 7) is 1.48. The Morgan fingerprint density at radius 1 is 1.24 bits per heavy atom. The SMILES string of the molecule is N#Cc1ccc(C(=O)N2CCC(c3ccccc3)C2)nc1. The number of nitriles is 1. The Kier molecular flexibility index (Phi) is 3.65. The number of pyridine rings is 1. The van der Waals surface area contributed by atoms with Crippen LogP contribution in [0.25, 0.3) is 0 Å². The Bertz CT molecular complexity index is 673. The van der Waals surface area contributed by atoms with E-state index in [0.29, 0.717) is 17.2 Å². The van der Waals surface area contributed by atoms with Crippen molar-refractivity contribution in [2.24, 2.45) is 0 Å². The topological polar surface area (TPSA) is 57.0 Å². The molecule has 1 fully saturated rings. The van der Waals surface area contributed by atoms with Gasteiger partial charge in [-0.1, -0.05) is 30.3 Å². The molecular weight excluding hydrogens is 262 g/mol. The van der Waals surface area contributed by atoms with Crippen LogP contribution in [0.1, 0.15) is 34.0 Å². The van der Waals surface area contributed by atoms with Crippen molar-refractivity contribution >= 4 is 5.91 Å². The number of carbonyl (C=O) groups excluding carboxylic acids is 1. The minimum absolute atomic E-state index is 0.0575. The van der Waals surface area contributed by atoms with Gasteiger partial charge in [-0.3, -0.25) is 4.79 Å². The Balaban J connectivity index is 1.71. The van der Waals surface area contributed by atoms with E-state index in [-0.39, 0.29) is 5.91 Å². The number of aromatic nitrogens is 1. The third kappa shape index (κ3) is 2.77. The predicted molar refractivity (Wildman–Crippen MR) is 78.7 cm³/mol. The van der Waals surface area contributed by atoms with E-state index in [1.54, 1.807) is 12.1 Å². The molecule has 3 rings (SSSR count). The molecule has 1 aromatic heterocycles. The number of hydrogen-bond acceptors (Lipinski definition) is 3. The highest BCUT2D eigenvalue weighted by Crippen LogP contribution is 2.27. The Morgan fingerprint density at radius 3 is 2.71 bits per heavy atom. The largest absolute Gasteiger partial charge is 0.337 e. The fraction of sp³-hybridized carbons (Fsp3) is 0.235. The van der Waals surface area contributed by atoms with Crippen LogP contribution in [0.4, 0.5) is 0 Å². The Morgan fingerprint density at radius 2 is 2.05 bits per heavy atom. The Labute approximate surface area is 123 Å². The number of benzene rings is 1. The van der Waals surface area contributed by atoms with Gasteiger partial charge in [0, 0.05) is 25.2 Å². The summed E-state index contributed by atoms with van der Waals surface area (Å²) in [5, 5.41) is 8.75. The maximum absolute atomic E-state index is 12.4. The van der Waals surface area contributed by atoms with Gasteiger partial charge in [0.05, 0.1) is 5.56 Å². The quantitative estimate of drug-likeness (QED) is 0.847. The zero-order valence-corrected chi connectivity index (χ0v) is 11.6. The highest BCUT2D eigenvalue weighted by atomic mass is 16.2. The first-order chi connectivity index (χ1) is 10.3. The van der Waals surface area contributed by atoms with Crippen LogP contribution in [-0.2, 0) is 0 Å². The number of rotatable bonds is 2. The molecule has 1 aliphatic heterocycles. The maximum Gasteiger partial charge on any atom is 0.272 e. The van der Waals surface area contributed by atoms with Gasteiger partial charge in [-0.25, -0.2) is 4.98 Å². The molecule has 1 amide bonds. The summed E-state index contributed by atoms with van der Waals surface area (Å²) in [6.07, 6.45) is 2.42. The molecule has 0 radical (unpaired) electrons. The van der Waals surface area contributed by atoms with E-state index in [2.05, 4.69) is 17.1 Å². The van der Waals surface area contributed by atoms with Crippen LogP contribution in [0.3, 0.4) is 0 Å². The minimum atomic E-state index is -0.0575. The molecule has 0 N–H and O–H groups in total. The molecule has 0 bridgehead atoms. The van der Waals surface area contributed by atoms with Gasteiger partial charge in [0.1, 0.15) is 11.8 Å². The monoisotopic (exact) mass is 277 g/mol. The standard InChI is InChI=1S/C17H15N3O/c18-10-13-6-7-16(19-11-13)17(21)20-9-8-15(12-20)14-4-2-1-3-5-14/h1-7,11,15H,8-9,12H2. The van der Waals surface area contributed by atoms with Crippen LogP contribution in [0.5, 0.6) is 0 Å². The van der Waals surface area contributed by atoms with Gasteiger partial charge >= 0.3 is 0 Å². The molecule has 1 saturated heterocycles. The number of carbonyl (C=O) groups is 1. The van der Waals surface area contributed by atoms with E-state index in [9.17, 15) is 4.79 Å². The van der Waals surface area contributed by atoms with Crippen molar-refractivity contribution in [3.63, 3.8) is 0 Å². The first-order valence-electron chi connectivity index (χ1n) is 6.98. The molecule has 1 unspecified atom stereocenters. The van der Waals surface area contributed by atoms with Gasteiger partial charge in [0.25, 0.3) is 5.91 Å². The summed E-state index contributed by atoms with van der Waals surface area (Å²) in [4.78, 5) is 18.3. The van der Waals surface area contributed by atoms with Gasteiger partial charge in [-0.15, -0.1) is 0 Å². The van der Waals surface area contributed by atoms with Crippen LogP contribution in [-0.4, -0.2) is 28.9 Å². The molecule has 0 aliphatic carbocycles. The molecule has 1 atom stereocenters. The lowest BCUT2D eigenvalue weighted by molar-refractivity contribution is 0.0785. The normalized spacial score (nSPS) is 17.5. The van der Waals surface area contributed by atoms with E-state index >= 15 is 0 Å². The molecule has 21 heavy (non-hydrogen) atoms. The molecule has 2 aromatic rings. The van der Waals surface area contributed by atoms with Crippen LogP contribution >= 0.6 is 0 Å². The summed E-state index contributed by atoms with van der Waals surface area (Å²) >= 11 is 0. The van der Waals surface area contributed by atoms with Crippen molar-refractivity contribution in [2.75, 3.05) is 13.1 Å². The molecule has 104 valence electrons. The third-order valence-electron chi connectivity index (χ3n) is 3.86. The Hall–Kier alpha value is -2.67. The van der Waals surface area contributed by atoms with E-state index in [1.807, 2.05) is 29.2 Å². The molecule has 4 nitrogen and oxygen atoms in total. The highest BCUT2D eigenvalue weighted by molar-refractivity contribution is 5.92. The number of hydrogen-bond donors (Lipinski definition) is 0. The highest BCUT2D eigenvalue weighted by Gasteiger charge is 2.28. The summed E-state index contributed by atoms with van der Waals surface area (Å²) < 4.78 is 0. The second-order valence-corrected chi connectivity index (χ2v) is 5.19. The van der Waals surface area contributed by atoms with Gasteiger partial charge in [-0.2, -0.15) is 5.26 Å². The molecule has 4 heteroatoms. The lowest BCUT2D eigenvalue weighted by Gasteiger charge is -2.16. The van der Waals surface area contributed by atoms with Gasteiger partial charge in [0.2, 0.25) is 0 Å². The smallest absolute Gasteiger partial charge is 0.272 e. The summed E-state index contributed by atoms with van der Waals surface area (Å²) in [5.74, 6) is 0.339. The van der Waals surface area contributed by atoms with E-state index in [1.165, 1.54) is 11.8 Å². The number of likely N-dealkylation sites (tertiary alicyclic amines) is 1. The second kappa shape index (κ2) is 5.76. The molecule has 1 aromatic carbocycles. The average Bonchev–Trinajstić information content (AvgIpc) is 3.05. The second-order valence-electron chi connectivity index (χ2n) is 5.19. The zero-order chi connectivity index (χ0) is 14.7. The number of amides is 1. The summed E-state index contributed by atoms with van der Waals surface area (Å²) in [5.41, 5.74) is 2.15. The summed E-state index contributed by atoms with van der Waals surface area (Å²) in [7, 11) is 0. The van der Waals surface area contributed by atoms with Crippen LogP contribution in [0.15, 0.2) is 48.7 Å². The molecule has 0 spiro atoms. The van der Waals surface area contributed by atoms with Crippen molar-refractivity contribution in [3.05, 3.63) is 65.5 Å². The van der Waals surface area contributed by atoms with E-state index in [4.69, 9.17) is 5.26 Å². The zero-order valence-electron chi connectivity index (χ0n) is 11.6. The lowest BCUT2D eigenvalue weighted by atomic mass is 9.99. The molecule has 2 heterocycles. The first kappa shape index (κ1) is 13.3. The first-order valence-corrected chi connectivity index (χ1v) is 6.98. The minimum Gasteiger partial charge on any atom is -0.337 e. The van der Waals surface area contributed by atoms with Crippen molar-refractivity contribution in [3.8, 4) is 6.07 Å². The van der Waals surface area contributed by atoms with Crippen molar-refractivity contribution in [1.82, 2.24) is 9.88 Å². The van der Waals surface area contributed by atoms with Gasteiger partial charge < -0.3 is 4.90 Å². The fourth-order valence-electron chi connectivity index (χ4n) is 2.69. The van der Waals surface area contributed by atoms with E-state index in [0.717, 1.165) is 19.5 Å². The van der Waals surface area contributed by atoms with Crippen molar-refractivity contribution in [1.29, 1.82) is 5.26 Å². The third-order valence-corrected chi connectivity index (χ3v) is 3.86. The lowest BCUT2D eigenvalue weighted by Crippen LogP contribution is -2.29. The van der Waals surface area contributed by atoms with Gasteiger partial charge in [-0.05, 0) is 24.1 Å². The van der Waals surface area contributed by atoms with Crippen LogP contribution in [0, 0.1) is 11.3 Å². The van der Waals surface area contributed by atoms with Crippen LogP contribution in [0.2, 0.25) is 0 Å². The maximum atomic E-state index is 12.4. The fourth-order valence-corrected chi connectivity index (χ4v) is 2.69. The average molecular weight is 277 g/mol. The molecule has 0 saturated carbocycles. The predicted octanol–water partition coefficient (Wildman–Crippen LogP) is 2.58. The number of nitrogens with zero attached hydrogens (tertiary/aromatic N) is 3.